The number of rotatable bonds is 4. The number of halogens is 1. The van der Waals surface area contributed by atoms with Gasteiger partial charge in [-0.05, 0) is 13.0 Å². The summed E-state index contributed by atoms with van der Waals surface area (Å²) in [5.74, 6) is 0.494. The Hall–Kier alpha value is -0.950. The van der Waals surface area contributed by atoms with Gasteiger partial charge in [0.2, 0.25) is 0 Å². The molecule has 0 bridgehead atoms. The van der Waals surface area contributed by atoms with Crippen LogP contribution in [0.4, 0.5) is 0 Å². The van der Waals surface area contributed by atoms with Crippen LogP contribution in [0, 0.1) is 0 Å². The van der Waals surface area contributed by atoms with E-state index in [9.17, 15) is 0 Å². The molecule has 0 aliphatic rings. The third-order valence-corrected chi connectivity index (χ3v) is 1.11. The third-order valence-electron chi connectivity index (χ3n) is 0.849. The van der Waals surface area contributed by atoms with E-state index in [2.05, 4.69) is 13.2 Å². The van der Waals surface area contributed by atoms with Crippen LogP contribution in [0.3, 0.4) is 0 Å². The van der Waals surface area contributed by atoms with Crippen LogP contribution in [0.5, 0.6) is 0 Å². The Balaban J connectivity index is 3.96. The highest BCUT2D eigenvalue weighted by molar-refractivity contribution is 6.31. The molecule has 0 radical (unpaired) electrons. The second-order valence-electron chi connectivity index (χ2n) is 1.79. The van der Waals surface area contributed by atoms with Crippen molar-refractivity contribution in [2.45, 2.75) is 6.92 Å². The first-order valence-electron chi connectivity index (χ1n) is 3.17. The summed E-state index contributed by atoms with van der Waals surface area (Å²) >= 11 is 5.62. The molecule has 0 aromatic carbocycles. The van der Waals surface area contributed by atoms with Crippen molar-refractivity contribution in [3.8, 4) is 0 Å². The van der Waals surface area contributed by atoms with E-state index in [0.717, 1.165) is 0 Å². The molecule has 0 fully saturated rings. The molecule has 0 saturated carbocycles. The summed E-state index contributed by atoms with van der Waals surface area (Å²) in [4.78, 5) is 0. The van der Waals surface area contributed by atoms with Gasteiger partial charge in [-0.2, -0.15) is 0 Å². The summed E-state index contributed by atoms with van der Waals surface area (Å²) < 4.78 is 4.98. The fourth-order valence-corrected chi connectivity index (χ4v) is 0.524. The molecular weight excluding hydrogens is 160 g/mol. The zero-order valence-corrected chi connectivity index (χ0v) is 7.27. The van der Waals surface area contributed by atoms with E-state index in [1.807, 2.05) is 6.92 Å². The summed E-state index contributed by atoms with van der Waals surface area (Å²) in [6.45, 7) is 8.93. The average Bonchev–Trinajstić information content (AvgIpc) is 2.00. The van der Waals surface area contributed by atoms with E-state index in [0.29, 0.717) is 10.8 Å². The topological polar surface area (TPSA) is 9.23 Å². The summed E-state index contributed by atoms with van der Waals surface area (Å²) in [6, 6.07) is 0. The highest BCUT2D eigenvalue weighted by Gasteiger charge is 1.87. The number of ether oxygens (including phenoxy) is 1. The van der Waals surface area contributed by atoms with E-state index in [1.165, 1.54) is 12.3 Å². The molecule has 60 valence electrons. The van der Waals surface area contributed by atoms with Crippen molar-refractivity contribution in [2.24, 2.45) is 0 Å². The highest BCUT2D eigenvalue weighted by Crippen LogP contribution is 2.07. The smallest absolute Gasteiger partial charge is 0.120 e. The van der Waals surface area contributed by atoms with Crippen molar-refractivity contribution < 1.29 is 4.74 Å². The van der Waals surface area contributed by atoms with Gasteiger partial charge in [0, 0.05) is 5.03 Å². The van der Waals surface area contributed by atoms with Crippen LogP contribution in [0.25, 0.3) is 0 Å². The van der Waals surface area contributed by atoms with E-state index in [-0.39, 0.29) is 0 Å². The van der Waals surface area contributed by atoms with Crippen molar-refractivity contribution in [2.75, 3.05) is 0 Å². The lowest BCUT2D eigenvalue weighted by Gasteiger charge is -1.96. The van der Waals surface area contributed by atoms with Gasteiger partial charge in [-0.25, -0.2) is 0 Å². The van der Waals surface area contributed by atoms with Crippen LogP contribution < -0.4 is 0 Å². The molecule has 0 aliphatic carbocycles. The van der Waals surface area contributed by atoms with Crippen LogP contribution in [-0.4, -0.2) is 0 Å². The predicted octanol–water partition coefficient (Wildman–Crippen LogP) is 3.36. The van der Waals surface area contributed by atoms with Crippen molar-refractivity contribution in [3.63, 3.8) is 0 Å². The zero-order valence-electron chi connectivity index (χ0n) is 6.51. The van der Waals surface area contributed by atoms with E-state index in [1.54, 1.807) is 12.2 Å². The molecule has 0 aromatic heterocycles. The predicted molar refractivity (Wildman–Crippen MR) is 49.2 cm³/mol. The Kier molecular flexibility index (Phi) is 5.30. The van der Waals surface area contributed by atoms with Gasteiger partial charge in [0.25, 0.3) is 0 Å². The average molecular weight is 171 g/mol. The van der Waals surface area contributed by atoms with Gasteiger partial charge < -0.3 is 4.74 Å². The minimum atomic E-state index is 0.494. The molecular formula is C9H11ClO. The van der Waals surface area contributed by atoms with E-state index >= 15 is 0 Å². The third kappa shape index (κ3) is 5.49. The van der Waals surface area contributed by atoms with Gasteiger partial charge in [-0.15, -0.1) is 0 Å². The zero-order chi connectivity index (χ0) is 8.69. The van der Waals surface area contributed by atoms with E-state index in [4.69, 9.17) is 16.3 Å². The minimum absolute atomic E-state index is 0.494. The maximum Gasteiger partial charge on any atom is 0.120 e. The number of hydrogen-bond acceptors (Lipinski definition) is 1. The molecule has 0 aromatic rings. The molecule has 0 heterocycles. The van der Waals surface area contributed by atoms with Crippen molar-refractivity contribution >= 4 is 11.6 Å². The fraction of sp³-hybridized carbons (Fsp3) is 0.111. The molecule has 1 nitrogen and oxygen atoms in total. The van der Waals surface area contributed by atoms with Crippen molar-refractivity contribution in [1.29, 1.82) is 0 Å². The summed E-state index contributed by atoms with van der Waals surface area (Å²) in [6.07, 6.45) is 6.41. The molecule has 0 N–H and O–H groups in total. The van der Waals surface area contributed by atoms with Gasteiger partial charge in [0.15, 0.2) is 0 Å². The Bertz CT molecular complexity index is 202. The van der Waals surface area contributed by atoms with Crippen LogP contribution in [0.15, 0.2) is 48.4 Å². The molecule has 11 heavy (non-hydrogen) atoms. The van der Waals surface area contributed by atoms with Crippen LogP contribution in [-0.2, 0) is 4.74 Å². The lowest BCUT2D eigenvalue weighted by Crippen LogP contribution is -1.77. The molecule has 0 spiro atoms. The molecule has 0 amide bonds. The maximum atomic E-state index is 5.62. The second-order valence-corrected chi connectivity index (χ2v) is 2.22. The molecule has 0 unspecified atom stereocenters. The Labute approximate surface area is 72.3 Å². The van der Waals surface area contributed by atoms with Crippen LogP contribution in [0.2, 0.25) is 0 Å². The van der Waals surface area contributed by atoms with Gasteiger partial charge >= 0.3 is 0 Å². The van der Waals surface area contributed by atoms with Crippen molar-refractivity contribution in [1.82, 2.24) is 0 Å². The van der Waals surface area contributed by atoms with Gasteiger partial charge in [-0.1, -0.05) is 36.9 Å². The monoisotopic (exact) mass is 170 g/mol. The van der Waals surface area contributed by atoms with Crippen LogP contribution in [0.1, 0.15) is 6.92 Å². The molecule has 0 saturated heterocycles. The standard InChI is InChI=1S/C9H11ClO/c1-4-6-11-8(3)7-9(10)5-2/h4-7H,2-3H2,1H3. The quantitative estimate of drug-likeness (QED) is 0.465. The first-order chi connectivity index (χ1) is 5.20. The minimum Gasteiger partial charge on any atom is -0.466 e. The first-order valence-corrected chi connectivity index (χ1v) is 3.55. The lowest BCUT2D eigenvalue weighted by molar-refractivity contribution is 0.369. The summed E-state index contributed by atoms with van der Waals surface area (Å²) in [5.41, 5.74) is 0. The van der Waals surface area contributed by atoms with Crippen molar-refractivity contribution in [3.05, 3.63) is 48.4 Å². The lowest BCUT2D eigenvalue weighted by atomic mass is 10.4. The molecule has 0 atom stereocenters. The summed E-state index contributed by atoms with van der Waals surface area (Å²) in [5, 5.41) is 0.513. The Morgan fingerprint density at radius 3 is 2.64 bits per heavy atom. The Morgan fingerprint density at radius 1 is 1.55 bits per heavy atom. The van der Waals surface area contributed by atoms with E-state index < -0.39 is 0 Å². The highest BCUT2D eigenvalue weighted by atomic mass is 35.5. The van der Waals surface area contributed by atoms with Gasteiger partial charge in [0.05, 0.1) is 6.26 Å². The number of allylic oxidation sites excluding steroid dienone is 4. The SMILES string of the molecule is C=CC(Cl)=CC(=C)OC=CC. The molecule has 0 aliphatic heterocycles. The first kappa shape index (κ1) is 10.0. The fourth-order valence-electron chi connectivity index (χ4n) is 0.402. The van der Waals surface area contributed by atoms with Crippen LogP contribution >= 0.6 is 11.6 Å². The molecule has 2 heteroatoms. The number of hydrogen-bond donors (Lipinski definition) is 0. The maximum absolute atomic E-state index is 5.62. The summed E-state index contributed by atoms with van der Waals surface area (Å²) in [7, 11) is 0. The second kappa shape index (κ2) is 5.81. The Morgan fingerprint density at radius 2 is 2.18 bits per heavy atom. The largest absolute Gasteiger partial charge is 0.466 e. The van der Waals surface area contributed by atoms with Gasteiger partial charge in [0.1, 0.15) is 5.76 Å². The molecule has 0 rings (SSSR count). The normalized spacial score (nSPS) is 11.6. The van der Waals surface area contributed by atoms with Gasteiger partial charge in [-0.3, -0.25) is 0 Å².